The Hall–Kier alpha value is -1.30. The van der Waals surface area contributed by atoms with Crippen LogP contribution in [0.3, 0.4) is 0 Å². The van der Waals surface area contributed by atoms with Crippen LogP contribution < -0.4 is 5.32 Å². The van der Waals surface area contributed by atoms with E-state index < -0.39 is 0 Å². The van der Waals surface area contributed by atoms with Crippen molar-refractivity contribution < 1.29 is 14.3 Å². The second kappa shape index (κ2) is 6.75. The van der Waals surface area contributed by atoms with Gasteiger partial charge in [-0.3, -0.25) is 9.69 Å². The summed E-state index contributed by atoms with van der Waals surface area (Å²) in [5.41, 5.74) is 0. The van der Waals surface area contributed by atoms with E-state index in [-0.39, 0.29) is 18.5 Å². The number of urea groups is 1. The number of piperazine rings is 1. The van der Waals surface area contributed by atoms with E-state index in [9.17, 15) is 9.59 Å². The minimum atomic E-state index is -0.386. The summed E-state index contributed by atoms with van der Waals surface area (Å²) in [5, 5.41) is 2.60. The molecule has 1 aliphatic carbocycles. The molecule has 2 amide bonds. The molecule has 0 unspecified atom stereocenters. The third-order valence-electron chi connectivity index (χ3n) is 3.56. The zero-order valence-corrected chi connectivity index (χ0v) is 11.6. The average molecular weight is 269 g/mol. The van der Waals surface area contributed by atoms with Crippen LogP contribution in [0.4, 0.5) is 4.79 Å². The zero-order valence-electron chi connectivity index (χ0n) is 11.6. The van der Waals surface area contributed by atoms with Gasteiger partial charge in [0.15, 0.2) is 0 Å². The topological polar surface area (TPSA) is 61.9 Å². The number of ether oxygens (including phenoxy) is 1. The number of esters is 1. The summed E-state index contributed by atoms with van der Waals surface area (Å²) in [7, 11) is 0. The molecule has 1 N–H and O–H groups in total. The number of nitrogens with zero attached hydrogens (tertiary/aromatic N) is 2. The monoisotopic (exact) mass is 269 g/mol. The lowest BCUT2D eigenvalue weighted by Gasteiger charge is -2.34. The number of carbonyl (C=O) groups excluding carboxylic acids is 2. The van der Waals surface area contributed by atoms with Crippen LogP contribution >= 0.6 is 0 Å². The average Bonchev–Trinajstić information content (AvgIpc) is 3.21. The third-order valence-corrected chi connectivity index (χ3v) is 3.56. The summed E-state index contributed by atoms with van der Waals surface area (Å²) in [6, 6.07) is -0.167. The molecule has 0 atom stereocenters. The maximum Gasteiger partial charge on any atom is 0.325 e. The predicted molar refractivity (Wildman–Crippen MR) is 70.8 cm³/mol. The van der Waals surface area contributed by atoms with Gasteiger partial charge in [0.2, 0.25) is 0 Å². The summed E-state index contributed by atoms with van der Waals surface area (Å²) in [4.78, 5) is 27.2. The first-order valence-corrected chi connectivity index (χ1v) is 7.09. The van der Waals surface area contributed by atoms with Crippen LogP contribution in [-0.2, 0) is 9.53 Å². The normalized spacial score (nSPS) is 20.2. The molecule has 6 heteroatoms. The highest BCUT2D eigenvalue weighted by atomic mass is 16.5. The fraction of sp³-hybridized carbons (Fsp3) is 0.846. The van der Waals surface area contributed by atoms with Crippen LogP contribution in [0.5, 0.6) is 0 Å². The van der Waals surface area contributed by atoms with Gasteiger partial charge in [0, 0.05) is 32.7 Å². The second-order valence-corrected chi connectivity index (χ2v) is 5.19. The molecule has 19 heavy (non-hydrogen) atoms. The number of amides is 2. The van der Waals surface area contributed by atoms with Gasteiger partial charge in [-0.1, -0.05) is 0 Å². The van der Waals surface area contributed by atoms with Gasteiger partial charge in [-0.25, -0.2) is 4.79 Å². The van der Waals surface area contributed by atoms with E-state index in [1.807, 2.05) is 0 Å². The molecule has 2 aliphatic rings. The first kappa shape index (κ1) is 14.1. The van der Waals surface area contributed by atoms with E-state index in [2.05, 4.69) is 10.2 Å². The summed E-state index contributed by atoms with van der Waals surface area (Å²) >= 11 is 0. The van der Waals surface area contributed by atoms with E-state index >= 15 is 0 Å². The van der Waals surface area contributed by atoms with Crippen LogP contribution in [0, 0.1) is 5.92 Å². The maximum atomic E-state index is 11.8. The third kappa shape index (κ3) is 4.70. The summed E-state index contributed by atoms with van der Waals surface area (Å²) in [6.45, 7) is 6.57. The van der Waals surface area contributed by atoms with Crippen LogP contribution in [-0.4, -0.2) is 67.7 Å². The Kier molecular flexibility index (Phi) is 5.01. The second-order valence-electron chi connectivity index (χ2n) is 5.19. The molecular weight excluding hydrogens is 246 g/mol. The molecule has 1 saturated heterocycles. The van der Waals surface area contributed by atoms with Gasteiger partial charge >= 0.3 is 12.0 Å². The molecule has 0 aromatic heterocycles. The van der Waals surface area contributed by atoms with Crippen molar-refractivity contribution in [1.82, 2.24) is 15.1 Å². The van der Waals surface area contributed by atoms with Gasteiger partial charge in [-0.05, 0) is 25.7 Å². The molecule has 2 fully saturated rings. The minimum Gasteiger partial charge on any atom is -0.465 e. The van der Waals surface area contributed by atoms with E-state index in [0.717, 1.165) is 32.1 Å². The van der Waals surface area contributed by atoms with Crippen LogP contribution in [0.2, 0.25) is 0 Å². The summed E-state index contributed by atoms with van der Waals surface area (Å²) in [5.74, 6) is 0.507. The van der Waals surface area contributed by atoms with Gasteiger partial charge in [0.25, 0.3) is 0 Å². The number of carbonyl (C=O) groups is 2. The maximum absolute atomic E-state index is 11.8. The lowest BCUT2D eigenvalue weighted by Crippen LogP contribution is -2.52. The van der Waals surface area contributed by atoms with E-state index in [1.165, 1.54) is 19.4 Å². The Morgan fingerprint density at radius 3 is 2.47 bits per heavy atom. The highest BCUT2D eigenvalue weighted by Crippen LogP contribution is 2.29. The molecule has 0 aromatic rings. The quantitative estimate of drug-likeness (QED) is 0.729. The molecule has 0 aromatic carbocycles. The van der Waals surface area contributed by atoms with E-state index in [1.54, 1.807) is 11.8 Å². The summed E-state index contributed by atoms with van der Waals surface area (Å²) in [6.07, 6.45) is 2.72. The Bertz CT molecular complexity index is 323. The van der Waals surface area contributed by atoms with Crippen LogP contribution in [0.1, 0.15) is 19.8 Å². The standard InChI is InChI=1S/C13H23N3O3/c1-2-19-12(17)9-14-13(18)16-7-5-15(6-8-16)10-11-3-4-11/h11H,2-10H2,1H3,(H,14,18). The SMILES string of the molecule is CCOC(=O)CNC(=O)N1CCN(CC2CC2)CC1. The van der Waals surface area contributed by atoms with Crippen molar-refractivity contribution in [2.45, 2.75) is 19.8 Å². The predicted octanol–water partition coefficient (Wildman–Crippen LogP) is 0.287. The van der Waals surface area contributed by atoms with Gasteiger partial charge in [0.05, 0.1) is 6.61 Å². The van der Waals surface area contributed by atoms with Crippen molar-refractivity contribution in [3.63, 3.8) is 0 Å². The molecule has 0 spiro atoms. The molecule has 6 nitrogen and oxygen atoms in total. The molecule has 1 heterocycles. The van der Waals surface area contributed by atoms with Crippen molar-refractivity contribution in [2.75, 3.05) is 45.9 Å². The first-order valence-electron chi connectivity index (χ1n) is 7.09. The van der Waals surface area contributed by atoms with Crippen molar-refractivity contribution in [2.24, 2.45) is 5.92 Å². The highest BCUT2D eigenvalue weighted by molar-refractivity contribution is 5.80. The first-order chi connectivity index (χ1) is 9.19. The van der Waals surface area contributed by atoms with Crippen molar-refractivity contribution in [3.05, 3.63) is 0 Å². The summed E-state index contributed by atoms with van der Waals surface area (Å²) < 4.78 is 4.77. The van der Waals surface area contributed by atoms with Gasteiger partial charge in [-0.2, -0.15) is 0 Å². The number of hydrogen-bond acceptors (Lipinski definition) is 4. The Morgan fingerprint density at radius 2 is 1.89 bits per heavy atom. The van der Waals surface area contributed by atoms with Crippen molar-refractivity contribution in [3.8, 4) is 0 Å². The van der Waals surface area contributed by atoms with Crippen LogP contribution in [0.15, 0.2) is 0 Å². The Morgan fingerprint density at radius 1 is 1.21 bits per heavy atom. The number of nitrogens with one attached hydrogen (secondary N) is 1. The van der Waals surface area contributed by atoms with Gasteiger partial charge in [-0.15, -0.1) is 0 Å². The van der Waals surface area contributed by atoms with Crippen molar-refractivity contribution in [1.29, 1.82) is 0 Å². The molecule has 0 radical (unpaired) electrons. The van der Waals surface area contributed by atoms with Crippen LogP contribution in [0.25, 0.3) is 0 Å². The smallest absolute Gasteiger partial charge is 0.325 e. The largest absolute Gasteiger partial charge is 0.465 e. The fourth-order valence-electron chi connectivity index (χ4n) is 2.27. The molecule has 0 bridgehead atoms. The fourth-order valence-corrected chi connectivity index (χ4v) is 2.27. The highest BCUT2D eigenvalue weighted by Gasteiger charge is 2.27. The number of hydrogen-bond donors (Lipinski definition) is 1. The van der Waals surface area contributed by atoms with E-state index in [4.69, 9.17) is 4.74 Å². The van der Waals surface area contributed by atoms with E-state index in [0.29, 0.717) is 6.61 Å². The molecular formula is C13H23N3O3. The van der Waals surface area contributed by atoms with Gasteiger partial charge < -0.3 is 15.0 Å². The Balaban J connectivity index is 1.62. The zero-order chi connectivity index (χ0) is 13.7. The molecule has 2 rings (SSSR count). The van der Waals surface area contributed by atoms with Gasteiger partial charge in [0.1, 0.15) is 6.54 Å². The molecule has 1 saturated carbocycles. The van der Waals surface area contributed by atoms with Crippen molar-refractivity contribution >= 4 is 12.0 Å². The molecule has 1 aliphatic heterocycles. The lowest BCUT2D eigenvalue weighted by molar-refractivity contribution is -0.141. The molecule has 108 valence electrons. The minimum absolute atomic E-state index is 0.0467. The Labute approximate surface area is 114 Å². The lowest BCUT2D eigenvalue weighted by atomic mass is 10.3. The number of rotatable bonds is 5.